The minimum absolute atomic E-state index is 0.519. The predicted molar refractivity (Wildman–Crippen MR) is 56.5 cm³/mol. The van der Waals surface area contributed by atoms with E-state index in [9.17, 15) is 0 Å². The zero-order valence-electron chi connectivity index (χ0n) is 7.66. The summed E-state index contributed by atoms with van der Waals surface area (Å²) in [4.78, 5) is 0. The minimum Gasteiger partial charge on any atom is -0.0654 e. The molecule has 0 saturated carbocycles. The van der Waals surface area contributed by atoms with Crippen LogP contribution in [0, 0.1) is 0 Å². The number of unbranched alkanes of at least 4 members (excludes halogenated alkanes) is 2. The van der Waals surface area contributed by atoms with Crippen LogP contribution in [0.5, 0.6) is 0 Å². The van der Waals surface area contributed by atoms with Gasteiger partial charge in [-0.2, -0.15) is 0 Å². The van der Waals surface area contributed by atoms with Crippen LogP contribution in [0.2, 0.25) is 12.1 Å². The maximum absolute atomic E-state index is 2.31. The molecule has 0 aliphatic heterocycles. The van der Waals surface area contributed by atoms with Crippen molar-refractivity contribution in [1.82, 2.24) is 0 Å². The molecule has 0 aliphatic carbocycles. The van der Waals surface area contributed by atoms with E-state index in [1.165, 1.54) is 25.7 Å². The highest BCUT2D eigenvalue weighted by atomic mass is 29.1. The Labute approximate surface area is 70.2 Å². The van der Waals surface area contributed by atoms with Crippen molar-refractivity contribution < 1.29 is 0 Å². The van der Waals surface area contributed by atoms with Crippen molar-refractivity contribution in [3.8, 4) is 0 Å². The van der Waals surface area contributed by atoms with E-state index in [0.717, 1.165) is 0 Å². The first-order chi connectivity index (χ1) is 4.91. The molecule has 0 nitrogen and oxygen atoms in total. The minimum atomic E-state index is 0.519. The third-order valence-corrected chi connectivity index (χ3v) is 8.96. The second-order valence-corrected chi connectivity index (χ2v) is 10.2. The second kappa shape index (κ2) is 9.43. The third-order valence-electron chi connectivity index (χ3n) is 1.96. The van der Waals surface area contributed by atoms with E-state index in [1.807, 2.05) is 0 Å². The first-order valence-corrected chi connectivity index (χ1v) is 10.9. The standard InChI is InChI=1S/C8H22Si2/c1-3-5-7-9-10-8-6-4-2/h3-10H2,1-2H3. The fraction of sp³-hybridized carbons (Fsp3) is 1.00. The van der Waals surface area contributed by atoms with Gasteiger partial charge in [-0.15, -0.1) is 0 Å². The average Bonchev–Trinajstić information content (AvgIpc) is 1.97. The van der Waals surface area contributed by atoms with E-state index < -0.39 is 0 Å². The van der Waals surface area contributed by atoms with E-state index in [1.54, 1.807) is 12.1 Å². The Hall–Kier alpha value is 0.434. The van der Waals surface area contributed by atoms with Crippen LogP contribution in [0.15, 0.2) is 0 Å². The summed E-state index contributed by atoms with van der Waals surface area (Å²) in [5.74, 6) is 0. The van der Waals surface area contributed by atoms with Crippen LogP contribution < -0.4 is 0 Å². The summed E-state index contributed by atoms with van der Waals surface area (Å²) in [6.45, 7) is 4.62. The molecule has 0 aromatic heterocycles. The van der Waals surface area contributed by atoms with E-state index in [0.29, 0.717) is 18.1 Å². The van der Waals surface area contributed by atoms with Crippen molar-refractivity contribution in [1.29, 1.82) is 0 Å². The van der Waals surface area contributed by atoms with Crippen LogP contribution in [-0.2, 0) is 0 Å². The Morgan fingerprint density at radius 2 is 1.20 bits per heavy atom. The molecule has 0 radical (unpaired) electrons. The van der Waals surface area contributed by atoms with Crippen LogP contribution in [0.3, 0.4) is 0 Å². The molecule has 0 heterocycles. The summed E-state index contributed by atoms with van der Waals surface area (Å²) in [6.07, 6.45) is 5.92. The van der Waals surface area contributed by atoms with Gasteiger partial charge in [0.25, 0.3) is 0 Å². The molecule has 0 bridgehead atoms. The van der Waals surface area contributed by atoms with Crippen molar-refractivity contribution >= 4 is 18.1 Å². The van der Waals surface area contributed by atoms with Gasteiger partial charge in [0.1, 0.15) is 0 Å². The van der Waals surface area contributed by atoms with Gasteiger partial charge in [-0.25, -0.2) is 0 Å². The zero-order chi connectivity index (χ0) is 7.66. The maximum Gasteiger partial charge on any atom is 0.00797 e. The first-order valence-electron chi connectivity index (χ1n) is 4.91. The lowest BCUT2D eigenvalue weighted by molar-refractivity contribution is 0.876. The molecule has 0 amide bonds. The van der Waals surface area contributed by atoms with Crippen molar-refractivity contribution in [3.63, 3.8) is 0 Å². The fourth-order valence-electron chi connectivity index (χ4n) is 1.21. The zero-order valence-corrected chi connectivity index (χ0v) is 10.5. The summed E-state index contributed by atoms with van der Waals surface area (Å²) in [5.41, 5.74) is 0. The summed E-state index contributed by atoms with van der Waals surface area (Å²) in [6, 6.07) is 3.32. The number of rotatable bonds is 7. The highest BCUT2D eigenvalue weighted by Crippen LogP contribution is 1.96. The van der Waals surface area contributed by atoms with E-state index in [2.05, 4.69) is 13.8 Å². The molecule has 0 N–H and O–H groups in total. The van der Waals surface area contributed by atoms with Gasteiger partial charge in [-0.3, -0.25) is 0 Å². The number of hydrogen-bond acceptors (Lipinski definition) is 0. The number of hydrogen-bond donors (Lipinski definition) is 0. The van der Waals surface area contributed by atoms with Crippen molar-refractivity contribution in [2.45, 2.75) is 51.6 Å². The van der Waals surface area contributed by atoms with Gasteiger partial charge >= 0.3 is 0 Å². The molecule has 0 saturated heterocycles. The third kappa shape index (κ3) is 8.43. The quantitative estimate of drug-likeness (QED) is 0.407. The monoisotopic (exact) mass is 174 g/mol. The Bertz CT molecular complexity index is 47.2. The second-order valence-electron chi connectivity index (χ2n) is 3.12. The molecule has 62 valence electrons. The highest BCUT2D eigenvalue weighted by Gasteiger charge is 1.89. The van der Waals surface area contributed by atoms with Crippen LogP contribution in [0.4, 0.5) is 0 Å². The van der Waals surface area contributed by atoms with E-state index >= 15 is 0 Å². The SMILES string of the molecule is CCCC[SiH2][SiH2]CCCC. The Kier molecular flexibility index (Phi) is 9.84. The lowest BCUT2D eigenvalue weighted by Gasteiger charge is -1.96. The molecule has 0 atom stereocenters. The van der Waals surface area contributed by atoms with Crippen LogP contribution in [0.1, 0.15) is 39.5 Å². The predicted octanol–water partition coefficient (Wildman–Crippen LogP) is 1.68. The molecule has 0 unspecified atom stereocenters. The van der Waals surface area contributed by atoms with Crippen molar-refractivity contribution in [2.75, 3.05) is 0 Å². The maximum atomic E-state index is 2.31. The van der Waals surface area contributed by atoms with Gasteiger partial charge in [0.15, 0.2) is 0 Å². The molecule has 0 aromatic carbocycles. The summed E-state index contributed by atoms with van der Waals surface area (Å²) < 4.78 is 0. The molecule has 0 rings (SSSR count). The normalized spacial score (nSPS) is 12.6. The fourth-order valence-corrected chi connectivity index (χ4v) is 7.86. The molecular formula is C8H22Si2. The molecule has 0 spiro atoms. The Morgan fingerprint density at radius 3 is 1.50 bits per heavy atom. The Balaban J connectivity index is 2.65. The van der Waals surface area contributed by atoms with Gasteiger partial charge in [0, 0.05) is 18.1 Å². The topological polar surface area (TPSA) is 0 Å². The lowest BCUT2D eigenvalue weighted by Crippen LogP contribution is -2.01. The van der Waals surface area contributed by atoms with Gasteiger partial charge in [0.05, 0.1) is 0 Å². The van der Waals surface area contributed by atoms with Gasteiger partial charge < -0.3 is 0 Å². The van der Waals surface area contributed by atoms with Crippen molar-refractivity contribution in [2.24, 2.45) is 0 Å². The molecule has 2 heteroatoms. The summed E-state index contributed by atoms with van der Waals surface area (Å²) in [7, 11) is 1.04. The summed E-state index contributed by atoms with van der Waals surface area (Å²) in [5, 5.41) is 0. The molecular weight excluding hydrogens is 152 g/mol. The van der Waals surface area contributed by atoms with Gasteiger partial charge in [0.2, 0.25) is 0 Å². The summed E-state index contributed by atoms with van der Waals surface area (Å²) >= 11 is 0. The van der Waals surface area contributed by atoms with Crippen LogP contribution >= 0.6 is 0 Å². The lowest BCUT2D eigenvalue weighted by atomic mass is 10.4. The van der Waals surface area contributed by atoms with Crippen LogP contribution in [-0.4, -0.2) is 18.1 Å². The first kappa shape index (κ1) is 10.4. The average molecular weight is 174 g/mol. The smallest absolute Gasteiger partial charge is 0.00797 e. The Morgan fingerprint density at radius 1 is 0.800 bits per heavy atom. The molecule has 0 fully saturated rings. The van der Waals surface area contributed by atoms with Crippen LogP contribution in [0.25, 0.3) is 0 Å². The largest absolute Gasteiger partial charge is 0.0654 e. The van der Waals surface area contributed by atoms with Crippen molar-refractivity contribution in [3.05, 3.63) is 0 Å². The van der Waals surface area contributed by atoms with Gasteiger partial charge in [-0.05, 0) is 0 Å². The van der Waals surface area contributed by atoms with Gasteiger partial charge in [-0.1, -0.05) is 51.6 Å². The highest BCUT2D eigenvalue weighted by molar-refractivity contribution is 7.00. The van der Waals surface area contributed by atoms with E-state index in [4.69, 9.17) is 0 Å². The molecule has 10 heavy (non-hydrogen) atoms. The molecule has 0 aromatic rings. The van der Waals surface area contributed by atoms with E-state index in [-0.39, 0.29) is 0 Å². The molecule has 0 aliphatic rings.